The maximum Gasteiger partial charge on any atom is 0.279 e. The zero-order valence-corrected chi connectivity index (χ0v) is 20.5. The van der Waals surface area contributed by atoms with Gasteiger partial charge in [0.2, 0.25) is 0 Å². The first-order valence-electron chi connectivity index (χ1n) is 10.1. The van der Waals surface area contributed by atoms with Crippen molar-refractivity contribution in [1.29, 1.82) is 0 Å². The molecule has 0 saturated heterocycles. The normalized spacial score (nSPS) is 11.1. The van der Waals surface area contributed by atoms with Crippen LogP contribution in [0.1, 0.15) is 57.4 Å². The van der Waals surface area contributed by atoms with Gasteiger partial charge in [0, 0.05) is 6.54 Å². The molecule has 0 unspecified atom stereocenters. The standard InChI is InChI=1S/C21H24Cl2N6O2S/c1-11(2)7-8-24-20(31)18-12(3)25-21(32-18)26-19(30)17-13(4)29(28-27-17)10-14-5-6-15(22)16(23)9-14/h5-6,9,11H,7-8,10H2,1-4H3,(H,24,31)(H,25,26,30). The molecule has 2 N–H and O–H groups in total. The van der Waals surface area contributed by atoms with Crippen LogP contribution in [0.3, 0.4) is 0 Å². The second-order valence-corrected chi connectivity index (χ2v) is 9.57. The molecule has 2 heterocycles. The zero-order valence-electron chi connectivity index (χ0n) is 18.2. The van der Waals surface area contributed by atoms with Crippen molar-refractivity contribution in [3.63, 3.8) is 0 Å². The number of anilines is 1. The topological polar surface area (TPSA) is 102 Å². The van der Waals surface area contributed by atoms with Crippen LogP contribution in [-0.4, -0.2) is 38.3 Å². The van der Waals surface area contributed by atoms with Crippen molar-refractivity contribution < 1.29 is 9.59 Å². The van der Waals surface area contributed by atoms with E-state index in [-0.39, 0.29) is 11.6 Å². The van der Waals surface area contributed by atoms with Gasteiger partial charge in [-0.05, 0) is 43.9 Å². The summed E-state index contributed by atoms with van der Waals surface area (Å²) in [4.78, 5) is 29.9. The fourth-order valence-electron chi connectivity index (χ4n) is 2.90. The second kappa shape index (κ2) is 10.4. The minimum Gasteiger partial charge on any atom is -0.351 e. The fraction of sp³-hybridized carbons (Fsp3) is 0.381. The maximum atomic E-state index is 12.7. The molecule has 0 aliphatic heterocycles. The number of halogens is 2. The fourth-order valence-corrected chi connectivity index (χ4v) is 4.10. The van der Waals surface area contributed by atoms with Crippen molar-refractivity contribution in [1.82, 2.24) is 25.3 Å². The van der Waals surface area contributed by atoms with Crippen LogP contribution >= 0.6 is 34.5 Å². The number of amides is 2. The van der Waals surface area contributed by atoms with E-state index in [1.807, 2.05) is 6.07 Å². The Labute approximate surface area is 200 Å². The van der Waals surface area contributed by atoms with Gasteiger partial charge in [-0.3, -0.25) is 14.9 Å². The van der Waals surface area contributed by atoms with Crippen LogP contribution in [0.5, 0.6) is 0 Å². The van der Waals surface area contributed by atoms with Crippen LogP contribution in [0.2, 0.25) is 10.0 Å². The van der Waals surface area contributed by atoms with Crippen molar-refractivity contribution in [3.8, 4) is 0 Å². The highest BCUT2D eigenvalue weighted by atomic mass is 35.5. The summed E-state index contributed by atoms with van der Waals surface area (Å²) < 4.78 is 1.61. The Kier molecular flexibility index (Phi) is 7.86. The quantitative estimate of drug-likeness (QED) is 0.470. The first-order valence-corrected chi connectivity index (χ1v) is 11.6. The lowest BCUT2D eigenvalue weighted by Crippen LogP contribution is -2.25. The molecule has 8 nitrogen and oxygen atoms in total. The summed E-state index contributed by atoms with van der Waals surface area (Å²) >= 11 is 13.2. The number of carbonyl (C=O) groups excluding carboxylic acids is 2. The largest absolute Gasteiger partial charge is 0.351 e. The summed E-state index contributed by atoms with van der Waals surface area (Å²) in [5, 5.41) is 14.9. The number of carbonyl (C=O) groups is 2. The van der Waals surface area contributed by atoms with E-state index in [1.54, 1.807) is 30.7 Å². The van der Waals surface area contributed by atoms with Gasteiger partial charge in [-0.15, -0.1) is 5.10 Å². The Morgan fingerprint density at radius 3 is 2.59 bits per heavy atom. The molecule has 0 aliphatic carbocycles. The van der Waals surface area contributed by atoms with Crippen LogP contribution in [-0.2, 0) is 6.54 Å². The molecule has 3 aromatic rings. The van der Waals surface area contributed by atoms with Crippen LogP contribution in [0.25, 0.3) is 0 Å². The number of nitrogens with zero attached hydrogens (tertiary/aromatic N) is 4. The van der Waals surface area contributed by atoms with E-state index >= 15 is 0 Å². The zero-order chi connectivity index (χ0) is 23.4. The Morgan fingerprint density at radius 1 is 1.16 bits per heavy atom. The Balaban J connectivity index is 1.67. The second-order valence-electron chi connectivity index (χ2n) is 7.76. The lowest BCUT2D eigenvalue weighted by atomic mass is 10.1. The first-order chi connectivity index (χ1) is 15.2. The molecule has 11 heteroatoms. The van der Waals surface area contributed by atoms with Crippen molar-refractivity contribution in [2.24, 2.45) is 5.92 Å². The highest BCUT2D eigenvalue weighted by Gasteiger charge is 2.21. The lowest BCUT2D eigenvalue weighted by Gasteiger charge is -2.06. The molecule has 0 atom stereocenters. The summed E-state index contributed by atoms with van der Waals surface area (Å²) in [5.74, 6) is -0.130. The molecule has 2 aromatic heterocycles. The molecular formula is C21H24Cl2N6O2S. The van der Waals surface area contributed by atoms with E-state index in [0.717, 1.165) is 23.3 Å². The maximum absolute atomic E-state index is 12.7. The van der Waals surface area contributed by atoms with Gasteiger partial charge < -0.3 is 5.32 Å². The number of aromatic nitrogens is 4. The Bertz CT molecular complexity index is 1140. The molecule has 2 amide bonds. The minimum absolute atomic E-state index is 0.181. The van der Waals surface area contributed by atoms with Crippen molar-refractivity contribution in [2.75, 3.05) is 11.9 Å². The van der Waals surface area contributed by atoms with Crippen molar-refractivity contribution in [2.45, 2.75) is 40.7 Å². The smallest absolute Gasteiger partial charge is 0.279 e. The van der Waals surface area contributed by atoms with Gasteiger partial charge in [0.1, 0.15) is 4.88 Å². The highest BCUT2D eigenvalue weighted by molar-refractivity contribution is 7.17. The molecule has 0 radical (unpaired) electrons. The van der Waals surface area contributed by atoms with Gasteiger partial charge in [0.15, 0.2) is 10.8 Å². The third kappa shape index (κ3) is 5.85. The molecule has 1 aromatic carbocycles. The van der Waals surface area contributed by atoms with Crippen molar-refractivity contribution >= 4 is 51.5 Å². The van der Waals surface area contributed by atoms with Gasteiger partial charge in [-0.25, -0.2) is 9.67 Å². The number of hydrogen-bond acceptors (Lipinski definition) is 6. The predicted molar refractivity (Wildman–Crippen MR) is 127 cm³/mol. The van der Waals surface area contributed by atoms with E-state index in [2.05, 4.69) is 39.8 Å². The number of thiazole rings is 1. The van der Waals surface area contributed by atoms with Crippen LogP contribution in [0.4, 0.5) is 5.13 Å². The number of aryl methyl sites for hydroxylation is 1. The molecule has 0 fully saturated rings. The SMILES string of the molecule is Cc1nc(NC(=O)c2nnn(Cc3ccc(Cl)c(Cl)c3)c2C)sc1C(=O)NCCC(C)C. The van der Waals surface area contributed by atoms with Crippen LogP contribution in [0, 0.1) is 19.8 Å². The highest BCUT2D eigenvalue weighted by Crippen LogP contribution is 2.24. The van der Waals surface area contributed by atoms with Crippen molar-refractivity contribution in [3.05, 3.63) is 55.8 Å². The van der Waals surface area contributed by atoms with E-state index in [0.29, 0.717) is 50.4 Å². The molecule has 170 valence electrons. The minimum atomic E-state index is -0.441. The number of rotatable bonds is 8. The summed E-state index contributed by atoms with van der Waals surface area (Å²) in [5.41, 5.74) is 2.21. The number of hydrogen-bond donors (Lipinski definition) is 2. The number of nitrogens with one attached hydrogen (secondary N) is 2. The van der Waals surface area contributed by atoms with Gasteiger partial charge in [-0.2, -0.15) is 0 Å². The summed E-state index contributed by atoms with van der Waals surface area (Å²) in [6.07, 6.45) is 0.893. The summed E-state index contributed by atoms with van der Waals surface area (Å²) in [6, 6.07) is 5.29. The average Bonchev–Trinajstić information content (AvgIpc) is 3.27. The Morgan fingerprint density at radius 2 is 1.91 bits per heavy atom. The number of benzene rings is 1. The molecule has 3 rings (SSSR count). The lowest BCUT2D eigenvalue weighted by molar-refractivity contribution is 0.0954. The molecule has 0 spiro atoms. The van der Waals surface area contributed by atoms with E-state index in [1.165, 1.54) is 0 Å². The third-order valence-corrected chi connectivity index (χ3v) is 6.56. The van der Waals surface area contributed by atoms with E-state index < -0.39 is 5.91 Å². The average molecular weight is 495 g/mol. The molecule has 0 saturated carbocycles. The molecular weight excluding hydrogens is 471 g/mol. The molecule has 32 heavy (non-hydrogen) atoms. The van der Waals surface area contributed by atoms with Gasteiger partial charge >= 0.3 is 0 Å². The first kappa shape index (κ1) is 24.2. The third-order valence-electron chi connectivity index (χ3n) is 4.74. The van der Waals surface area contributed by atoms with Gasteiger partial charge in [-0.1, -0.05) is 59.7 Å². The molecule has 0 bridgehead atoms. The van der Waals surface area contributed by atoms with E-state index in [9.17, 15) is 9.59 Å². The summed E-state index contributed by atoms with van der Waals surface area (Å²) in [6.45, 7) is 8.67. The Hall–Kier alpha value is -2.49. The van der Waals surface area contributed by atoms with Gasteiger partial charge in [0.25, 0.3) is 11.8 Å². The van der Waals surface area contributed by atoms with Crippen LogP contribution in [0.15, 0.2) is 18.2 Å². The molecule has 0 aliphatic rings. The van der Waals surface area contributed by atoms with E-state index in [4.69, 9.17) is 23.2 Å². The summed E-state index contributed by atoms with van der Waals surface area (Å²) in [7, 11) is 0. The van der Waals surface area contributed by atoms with Gasteiger partial charge in [0.05, 0.1) is 28.0 Å². The predicted octanol–water partition coefficient (Wildman–Crippen LogP) is 4.73. The van der Waals surface area contributed by atoms with Crippen LogP contribution < -0.4 is 10.6 Å². The monoisotopic (exact) mass is 494 g/mol.